The molecule has 0 unspecified atom stereocenters. The molecule has 0 saturated heterocycles. The average Bonchev–Trinajstić information content (AvgIpc) is 3.22. The minimum atomic E-state index is -3.46. The molecule has 0 aromatic carbocycles. The number of rotatable bonds is 8. The lowest BCUT2D eigenvalue weighted by Gasteiger charge is -2.08. The number of sulfonamides is 1. The number of amides is 2. The second kappa shape index (κ2) is 8.91. The number of hydrogen-bond donors (Lipinski definition) is 2. The van der Waals surface area contributed by atoms with Gasteiger partial charge in [-0.25, -0.2) is 17.7 Å². The lowest BCUT2D eigenvalue weighted by molar-refractivity contribution is -0.120. The van der Waals surface area contributed by atoms with Gasteiger partial charge in [0.15, 0.2) is 5.13 Å². The molecule has 0 spiro atoms. The van der Waals surface area contributed by atoms with Crippen LogP contribution in [0.25, 0.3) is 0 Å². The summed E-state index contributed by atoms with van der Waals surface area (Å²) < 4.78 is 25.5. The van der Waals surface area contributed by atoms with Crippen LogP contribution in [0.3, 0.4) is 0 Å². The van der Waals surface area contributed by atoms with Crippen LogP contribution in [0, 0.1) is 5.92 Å². The number of nitrogens with one attached hydrogen (secondary N) is 2. The van der Waals surface area contributed by atoms with E-state index >= 15 is 0 Å². The second-order valence-electron chi connectivity index (χ2n) is 6.25. The summed E-state index contributed by atoms with van der Waals surface area (Å²) in [7, 11) is -0.512. The van der Waals surface area contributed by atoms with Crippen molar-refractivity contribution in [3.63, 3.8) is 0 Å². The van der Waals surface area contributed by atoms with Gasteiger partial charge in [-0.15, -0.1) is 22.7 Å². The molecular weight excluding hydrogens is 408 g/mol. The zero-order valence-electron chi connectivity index (χ0n) is 15.5. The Morgan fingerprint density at radius 3 is 2.59 bits per heavy atom. The van der Waals surface area contributed by atoms with Crippen LogP contribution in [-0.4, -0.2) is 43.6 Å². The molecule has 148 valence electrons. The fourth-order valence-corrected chi connectivity index (χ4v) is 5.06. The third-order valence-corrected chi connectivity index (χ3v) is 7.65. The Kier molecular flexibility index (Phi) is 7.09. The minimum absolute atomic E-state index is 0.0856. The number of hydrogen-bond acceptors (Lipinski definition) is 7. The highest BCUT2D eigenvalue weighted by Crippen LogP contribution is 2.23. The van der Waals surface area contributed by atoms with Crippen molar-refractivity contribution in [1.82, 2.24) is 14.6 Å². The molecule has 2 aromatic rings. The van der Waals surface area contributed by atoms with Crippen molar-refractivity contribution in [2.24, 2.45) is 5.92 Å². The van der Waals surface area contributed by atoms with Crippen molar-refractivity contribution in [3.8, 4) is 0 Å². The number of nitrogens with zero attached hydrogens (tertiary/aromatic N) is 2. The molecule has 0 bridgehead atoms. The molecule has 2 rings (SSSR count). The van der Waals surface area contributed by atoms with Crippen LogP contribution in [0.15, 0.2) is 21.7 Å². The third kappa shape index (κ3) is 5.83. The van der Waals surface area contributed by atoms with Crippen LogP contribution in [0.5, 0.6) is 0 Å². The Morgan fingerprint density at radius 2 is 1.96 bits per heavy atom. The Hall–Kier alpha value is -1.82. The number of carbonyl (C=O) groups is 2. The van der Waals surface area contributed by atoms with Crippen molar-refractivity contribution in [1.29, 1.82) is 0 Å². The molecule has 2 heterocycles. The zero-order chi connectivity index (χ0) is 20.2. The summed E-state index contributed by atoms with van der Waals surface area (Å²) in [5, 5.41) is 7.64. The highest BCUT2D eigenvalue weighted by Gasteiger charge is 2.19. The second-order valence-corrected chi connectivity index (χ2v) is 10.7. The van der Waals surface area contributed by atoms with Crippen LogP contribution < -0.4 is 10.6 Å². The molecule has 0 atom stereocenters. The largest absolute Gasteiger partial charge is 0.351 e. The van der Waals surface area contributed by atoms with Gasteiger partial charge in [0.05, 0.1) is 18.7 Å². The Morgan fingerprint density at radius 1 is 1.26 bits per heavy atom. The molecule has 11 heteroatoms. The molecule has 0 radical (unpaired) electrons. The monoisotopic (exact) mass is 430 g/mol. The van der Waals surface area contributed by atoms with E-state index in [4.69, 9.17) is 0 Å². The van der Waals surface area contributed by atoms with E-state index in [0.29, 0.717) is 10.8 Å². The van der Waals surface area contributed by atoms with Crippen molar-refractivity contribution >= 4 is 49.6 Å². The van der Waals surface area contributed by atoms with Crippen LogP contribution in [0.4, 0.5) is 5.13 Å². The van der Waals surface area contributed by atoms with Crippen molar-refractivity contribution in [2.45, 2.75) is 31.0 Å². The van der Waals surface area contributed by atoms with Gasteiger partial charge in [-0.05, 0) is 12.1 Å². The van der Waals surface area contributed by atoms with E-state index in [1.54, 1.807) is 25.3 Å². The maximum absolute atomic E-state index is 12.1. The summed E-state index contributed by atoms with van der Waals surface area (Å²) in [5.74, 6) is -0.498. The highest BCUT2D eigenvalue weighted by atomic mass is 32.2. The number of thiazole rings is 1. The number of thiophene rings is 1. The highest BCUT2D eigenvalue weighted by molar-refractivity contribution is 7.91. The van der Waals surface area contributed by atoms with E-state index in [0.717, 1.165) is 20.5 Å². The number of anilines is 1. The molecule has 27 heavy (non-hydrogen) atoms. The quantitative estimate of drug-likeness (QED) is 0.665. The van der Waals surface area contributed by atoms with Gasteiger partial charge in [0, 0.05) is 30.3 Å². The maximum Gasteiger partial charge on any atom is 0.252 e. The smallest absolute Gasteiger partial charge is 0.252 e. The first kappa shape index (κ1) is 21.5. The molecule has 0 fully saturated rings. The van der Waals surface area contributed by atoms with Gasteiger partial charge in [0.25, 0.3) is 10.0 Å². The lowest BCUT2D eigenvalue weighted by Crippen LogP contribution is -2.24. The summed E-state index contributed by atoms with van der Waals surface area (Å²) in [4.78, 5) is 28.7. The Balaban J connectivity index is 1.88. The maximum atomic E-state index is 12.1. The Bertz CT molecular complexity index is 916. The molecule has 2 aromatic heterocycles. The van der Waals surface area contributed by atoms with Gasteiger partial charge in [-0.2, -0.15) is 0 Å². The topological polar surface area (TPSA) is 108 Å². The number of carbonyl (C=O) groups excluding carboxylic acids is 2. The molecule has 0 aliphatic rings. The predicted molar refractivity (Wildman–Crippen MR) is 106 cm³/mol. The third-order valence-electron chi connectivity index (χ3n) is 3.48. The molecule has 0 aliphatic heterocycles. The predicted octanol–water partition coefficient (Wildman–Crippen LogP) is 1.91. The number of aromatic nitrogens is 1. The van der Waals surface area contributed by atoms with E-state index in [-0.39, 0.29) is 34.9 Å². The molecule has 2 amide bonds. The summed E-state index contributed by atoms with van der Waals surface area (Å²) in [6, 6.07) is 3.22. The van der Waals surface area contributed by atoms with E-state index in [1.807, 2.05) is 0 Å². The van der Waals surface area contributed by atoms with Gasteiger partial charge < -0.3 is 10.6 Å². The summed E-state index contributed by atoms with van der Waals surface area (Å²) >= 11 is 2.39. The van der Waals surface area contributed by atoms with Gasteiger partial charge in [-0.3, -0.25) is 9.59 Å². The van der Waals surface area contributed by atoms with E-state index in [2.05, 4.69) is 15.6 Å². The summed E-state index contributed by atoms with van der Waals surface area (Å²) in [6.45, 7) is 3.82. The zero-order valence-corrected chi connectivity index (χ0v) is 17.9. The normalized spacial score (nSPS) is 11.8. The molecule has 0 saturated carbocycles. The van der Waals surface area contributed by atoms with Gasteiger partial charge >= 0.3 is 0 Å². The summed E-state index contributed by atoms with van der Waals surface area (Å²) in [5.41, 5.74) is 0.568. The van der Waals surface area contributed by atoms with E-state index in [9.17, 15) is 18.0 Å². The molecule has 0 aliphatic carbocycles. The van der Waals surface area contributed by atoms with Gasteiger partial charge in [0.2, 0.25) is 11.8 Å². The van der Waals surface area contributed by atoms with Crippen molar-refractivity contribution in [3.05, 3.63) is 28.1 Å². The molecule has 2 N–H and O–H groups in total. The van der Waals surface area contributed by atoms with E-state index < -0.39 is 10.0 Å². The lowest BCUT2D eigenvalue weighted by atomic mass is 10.2. The van der Waals surface area contributed by atoms with E-state index in [1.165, 1.54) is 31.5 Å². The van der Waals surface area contributed by atoms with Crippen molar-refractivity contribution < 1.29 is 18.0 Å². The first-order valence-electron chi connectivity index (χ1n) is 8.12. The minimum Gasteiger partial charge on any atom is -0.351 e. The molecule has 8 nitrogen and oxygen atoms in total. The first-order valence-corrected chi connectivity index (χ1v) is 11.3. The first-order chi connectivity index (χ1) is 12.6. The fourth-order valence-electron chi connectivity index (χ4n) is 1.88. The Labute approximate surface area is 166 Å². The average molecular weight is 431 g/mol. The van der Waals surface area contributed by atoms with Crippen LogP contribution in [0.1, 0.15) is 24.4 Å². The van der Waals surface area contributed by atoms with Crippen LogP contribution >= 0.6 is 22.7 Å². The van der Waals surface area contributed by atoms with Gasteiger partial charge in [-0.1, -0.05) is 13.8 Å². The molecular formula is C16H22N4O4S3. The standard InChI is InChI=1S/C16H22N4O4S3/c1-10(2)15(22)19-16-18-11(9-25-16)7-13(21)17-8-12-5-6-14(26-12)27(23,24)20(3)4/h5-6,9-10H,7-8H2,1-4H3,(H,17,21)(H,18,19,22). The van der Waals surface area contributed by atoms with Crippen molar-refractivity contribution in [2.75, 3.05) is 19.4 Å². The van der Waals surface area contributed by atoms with Gasteiger partial charge in [0.1, 0.15) is 4.21 Å². The van der Waals surface area contributed by atoms with Crippen LogP contribution in [0.2, 0.25) is 0 Å². The van der Waals surface area contributed by atoms with Crippen LogP contribution in [-0.2, 0) is 32.6 Å². The SMILES string of the molecule is CC(C)C(=O)Nc1nc(CC(=O)NCc2ccc(S(=O)(=O)N(C)C)s2)cs1. The fraction of sp³-hybridized carbons (Fsp3) is 0.438. The summed E-state index contributed by atoms with van der Waals surface area (Å²) in [6.07, 6.45) is 0.0856.